The van der Waals surface area contributed by atoms with Gasteiger partial charge in [0, 0.05) is 19.6 Å². The summed E-state index contributed by atoms with van der Waals surface area (Å²) >= 11 is 0. The molecule has 2 amide bonds. The van der Waals surface area contributed by atoms with Crippen LogP contribution in [-0.2, 0) is 26.0 Å². The lowest BCUT2D eigenvalue weighted by Gasteiger charge is -2.39. The minimum atomic E-state index is -3.87. The Balaban J connectivity index is 1.61. The van der Waals surface area contributed by atoms with E-state index in [4.69, 9.17) is 4.74 Å². The van der Waals surface area contributed by atoms with Crippen LogP contribution in [0.1, 0.15) is 25.3 Å². The molecule has 1 fully saturated rings. The van der Waals surface area contributed by atoms with Crippen LogP contribution < -0.4 is 15.5 Å². The molecule has 0 aromatic heterocycles. The number of hydrogen-bond donors (Lipinski definition) is 3. The fraction of sp³-hybridized carbons (Fsp3) is 0.385. The Hall–Kier alpha value is -3.39. The van der Waals surface area contributed by atoms with Gasteiger partial charge in [-0.15, -0.1) is 5.92 Å². The average Bonchev–Trinajstić information content (AvgIpc) is 2.89. The van der Waals surface area contributed by atoms with Gasteiger partial charge in [0.15, 0.2) is 9.84 Å². The number of sulfone groups is 1. The lowest BCUT2D eigenvalue weighted by atomic mass is 9.79. The second-order valence-electron chi connectivity index (χ2n) is 8.64. The molecule has 0 unspecified atom stereocenters. The van der Waals surface area contributed by atoms with Gasteiger partial charge in [0.05, 0.1) is 22.6 Å². The van der Waals surface area contributed by atoms with Crippen LogP contribution in [0.5, 0.6) is 5.75 Å². The van der Waals surface area contributed by atoms with E-state index in [0.29, 0.717) is 12.3 Å². The zero-order valence-electron chi connectivity index (χ0n) is 20.2. The summed E-state index contributed by atoms with van der Waals surface area (Å²) in [6, 6.07) is 15.6. The number of carbonyl (C=O) groups is 2. The third-order valence-corrected chi connectivity index (χ3v) is 8.16. The molecule has 2 aromatic rings. The Morgan fingerprint density at radius 2 is 1.75 bits per heavy atom. The van der Waals surface area contributed by atoms with Crippen LogP contribution in [0.3, 0.4) is 0 Å². The molecule has 0 atom stereocenters. The highest BCUT2D eigenvalue weighted by Crippen LogP contribution is 2.35. The summed E-state index contributed by atoms with van der Waals surface area (Å²) in [5.41, 5.74) is 1.34. The van der Waals surface area contributed by atoms with Crippen molar-refractivity contribution >= 4 is 21.7 Å². The van der Waals surface area contributed by atoms with Crippen molar-refractivity contribution in [1.29, 1.82) is 0 Å². The van der Waals surface area contributed by atoms with E-state index in [-0.39, 0.29) is 49.9 Å². The van der Waals surface area contributed by atoms with E-state index in [1.165, 1.54) is 24.3 Å². The first kappa shape index (κ1) is 27.2. The van der Waals surface area contributed by atoms with Gasteiger partial charge in [-0.1, -0.05) is 36.3 Å². The molecule has 0 aliphatic carbocycles. The summed E-state index contributed by atoms with van der Waals surface area (Å²) in [5.74, 6) is 4.57. The summed E-state index contributed by atoms with van der Waals surface area (Å²) in [4.78, 5) is 26.9. The minimum absolute atomic E-state index is 0.0464. The van der Waals surface area contributed by atoms with E-state index in [1.807, 2.05) is 30.3 Å². The van der Waals surface area contributed by atoms with Crippen molar-refractivity contribution < 1.29 is 28.0 Å². The minimum Gasteiger partial charge on any atom is -0.481 e. The van der Waals surface area contributed by atoms with Crippen LogP contribution in [0.15, 0.2) is 59.5 Å². The van der Waals surface area contributed by atoms with Crippen molar-refractivity contribution in [3.8, 4) is 17.6 Å². The second kappa shape index (κ2) is 12.5. The fourth-order valence-corrected chi connectivity index (χ4v) is 6.01. The number of piperidine rings is 1. The van der Waals surface area contributed by atoms with Gasteiger partial charge in [-0.05, 0) is 49.6 Å². The predicted octanol–water partition coefficient (Wildman–Crippen LogP) is 1.77. The number of hydrogen-bond acceptors (Lipinski definition) is 7. The number of ether oxygens (including phenoxy) is 1. The maximum Gasteiger partial charge on any atom is 0.250 e. The topological polar surface area (TPSA) is 125 Å². The first-order valence-corrected chi connectivity index (χ1v) is 13.3. The number of benzene rings is 2. The Morgan fingerprint density at radius 3 is 2.36 bits per heavy atom. The molecule has 0 saturated carbocycles. The highest BCUT2D eigenvalue weighted by molar-refractivity contribution is 7.91. The van der Waals surface area contributed by atoms with Gasteiger partial charge < -0.3 is 15.0 Å². The maximum atomic E-state index is 13.2. The molecular weight excluding hydrogens is 482 g/mol. The van der Waals surface area contributed by atoms with Gasteiger partial charge in [-0.2, -0.15) is 0 Å². The van der Waals surface area contributed by atoms with Gasteiger partial charge >= 0.3 is 0 Å². The molecule has 3 N–H and O–H groups in total. The maximum absolute atomic E-state index is 13.2. The molecular formula is C26H31N3O6S. The average molecular weight is 514 g/mol. The highest BCUT2D eigenvalue weighted by atomic mass is 32.2. The zero-order chi connectivity index (χ0) is 26.0. The molecule has 192 valence electrons. The second-order valence-corrected chi connectivity index (χ2v) is 10.6. The molecule has 1 aliphatic rings. The molecule has 0 radical (unpaired) electrons. The van der Waals surface area contributed by atoms with Crippen molar-refractivity contribution in [3.05, 3.63) is 60.2 Å². The Labute approximate surface area is 211 Å². The van der Waals surface area contributed by atoms with E-state index < -0.39 is 26.9 Å². The lowest BCUT2D eigenvalue weighted by Crippen LogP contribution is -2.53. The number of rotatable bonds is 10. The molecule has 1 saturated heterocycles. The van der Waals surface area contributed by atoms with E-state index in [1.54, 1.807) is 17.3 Å². The van der Waals surface area contributed by atoms with E-state index in [9.17, 15) is 23.2 Å². The van der Waals surface area contributed by atoms with Gasteiger partial charge in [0.1, 0.15) is 12.4 Å². The molecule has 1 aliphatic heterocycles. The number of carbonyl (C=O) groups excluding carboxylic acids is 2. The molecule has 9 nitrogen and oxygen atoms in total. The smallest absolute Gasteiger partial charge is 0.250 e. The van der Waals surface area contributed by atoms with Crippen molar-refractivity contribution in [2.24, 2.45) is 5.41 Å². The van der Waals surface area contributed by atoms with Gasteiger partial charge in [-0.3, -0.25) is 14.8 Å². The number of nitrogens with zero attached hydrogens (tertiary/aromatic N) is 1. The molecule has 2 aromatic carbocycles. The van der Waals surface area contributed by atoms with Crippen LogP contribution in [0.25, 0.3) is 0 Å². The van der Waals surface area contributed by atoms with Crippen molar-refractivity contribution in [2.75, 3.05) is 32.0 Å². The zero-order valence-corrected chi connectivity index (χ0v) is 21.0. The van der Waals surface area contributed by atoms with Crippen molar-refractivity contribution in [3.63, 3.8) is 0 Å². The molecule has 0 bridgehead atoms. The van der Waals surface area contributed by atoms with Crippen molar-refractivity contribution in [1.82, 2.24) is 15.7 Å². The monoisotopic (exact) mass is 513 g/mol. The number of amides is 2. The molecule has 3 rings (SSSR count). The molecule has 0 spiro atoms. The van der Waals surface area contributed by atoms with Crippen LogP contribution >= 0.6 is 0 Å². The van der Waals surface area contributed by atoms with Crippen LogP contribution in [0.4, 0.5) is 0 Å². The van der Waals surface area contributed by atoms with Crippen LogP contribution in [0, 0.1) is 17.3 Å². The summed E-state index contributed by atoms with van der Waals surface area (Å²) in [7, 11) is -3.87. The summed E-state index contributed by atoms with van der Waals surface area (Å²) in [5, 5.41) is 12.5. The lowest BCUT2D eigenvalue weighted by molar-refractivity contribution is -0.144. The largest absolute Gasteiger partial charge is 0.481 e. The van der Waals surface area contributed by atoms with E-state index in [2.05, 4.69) is 17.2 Å². The summed E-state index contributed by atoms with van der Waals surface area (Å²) in [6.45, 7) is 2.98. The third kappa shape index (κ3) is 7.07. The molecule has 1 heterocycles. The summed E-state index contributed by atoms with van der Waals surface area (Å²) in [6.07, 6.45) is 0.222. The first-order chi connectivity index (χ1) is 17.3. The SMILES string of the molecule is CC#CCOc1ccc(S(=O)(=O)CC2(C(=O)NO)CCN(C(=O)CNCc3ccccc3)CC2)cc1. The number of nitrogens with one attached hydrogen (secondary N) is 2. The van der Waals surface area contributed by atoms with Gasteiger partial charge in [0.2, 0.25) is 5.91 Å². The Kier molecular flexibility index (Phi) is 9.47. The molecule has 36 heavy (non-hydrogen) atoms. The number of hydroxylamine groups is 1. The summed E-state index contributed by atoms with van der Waals surface area (Å²) < 4.78 is 31.8. The fourth-order valence-electron chi connectivity index (χ4n) is 4.14. The first-order valence-electron chi connectivity index (χ1n) is 11.6. The quantitative estimate of drug-likeness (QED) is 0.251. The Morgan fingerprint density at radius 1 is 1.08 bits per heavy atom. The third-order valence-electron chi connectivity index (χ3n) is 6.24. The van der Waals surface area contributed by atoms with Crippen LogP contribution in [-0.4, -0.2) is 62.3 Å². The van der Waals surface area contributed by atoms with Crippen LogP contribution in [0.2, 0.25) is 0 Å². The van der Waals surface area contributed by atoms with Gasteiger partial charge in [0.25, 0.3) is 5.91 Å². The van der Waals surface area contributed by atoms with Gasteiger partial charge in [-0.25, -0.2) is 13.9 Å². The Bertz CT molecular complexity index is 1200. The van der Waals surface area contributed by atoms with Crippen molar-refractivity contribution in [2.45, 2.75) is 31.2 Å². The number of likely N-dealkylation sites (tertiary alicyclic amines) is 1. The van der Waals surface area contributed by atoms with E-state index >= 15 is 0 Å². The normalized spacial score (nSPS) is 14.9. The van der Waals surface area contributed by atoms with E-state index in [0.717, 1.165) is 5.56 Å². The standard InChI is InChI=1S/C26H31N3O6S/c1-2-3-17-35-22-9-11-23(12-10-22)36(33,34)20-26(25(31)28-32)13-15-29(16-14-26)24(30)19-27-18-21-7-5-4-6-8-21/h4-12,27,32H,13-20H2,1H3,(H,28,31). The predicted molar refractivity (Wildman–Crippen MR) is 134 cm³/mol. The molecule has 10 heteroatoms. The highest BCUT2D eigenvalue weighted by Gasteiger charge is 2.45.